The van der Waals surface area contributed by atoms with E-state index in [-0.39, 0.29) is 17.5 Å². The summed E-state index contributed by atoms with van der Waals surface area (Å²) in [5.41, 5.74) is 3.26. The number of aromatic hydroxyl groups is 1. The maximum Gasteiger partial charge on any atom is 0.216 e. The molecule has 2 aromatic rings. The van der Waals surface area contributed by atoms with Gasteiger partial charge in [0.05, 0.1) is 6.04 Å². The van der Waals surface area contributed by atoms with E-state index >= 15 is 0 Å². The molecule has 5 nitrogen and oxygen atoms in total. The predicted octanol–water partition coefficient (Wildman–Crippen LogP) is 1.58. The van der Waals surface area contributed by atoms with Crippen molar-refractivity contribution in [1.82, 2.24) is 5.32 Å². The minimum absolute atomic E-state index is 0.0651. The molecule has 0 bridgehead atoms. The van der Waals surface area contributed by atoms with E-state index in [2.05, 4.69) is 5.32 Å². The highest BCUT2D eigenvalue weighted by molar-refractivity contribution is 6.32. The van der Waals surface area contributed by atoms with Crippen molar-refractivity contribution in [3.63, 3.8) is 0 Å². The van der Waals surface area contributed by atoms with E-state index in [1.807, 2.05) is 12.1 Å². The number of nitrogens with one attached hydrogen (secondary N) is 2. The zero-order valence-electron chi connectivity index (χ0n) is 11.2. The Kier molecular flexibility index (Phi) is 3.84. The molecule has 3 rings (SSSR count). The number of benzene rings is 2. The first-order chi connectivity index (χ1) is 10.1. The van der Waals surface area contributed by atoms with E-state index in [0.29, 0.717) is 5.02 Å². The minimum atomic E-state index is -0.788. The van der Waals surface area contributed by atoms with Crippen LogP contribution < -0.4 is 10.5 Å². The first kappa shape index (κ1) is 14.3. The summed E-state index contributed by atoms with van der Waals surface area (Å²) >= 11 is 5.96. The smallest absolute Gasteiger partial charge is 0.216 e. The van der Waals surface area contributed by atoms with Crippen LogP contribution >= 0.6 is 11.6 Å². The van der Waals surface area contributed by atoms with Gasteiger partial charge < -0.3 is 10.4 Å². The van der Waals surface area contributed by atoms with Gasteiger partial charge >= 0.3 is 0 Å². The summed E-state index contributed by atoms with van der Waals surface area (Å²) in [6, 6.07) is 10.4. The van der Waals surface area contributed by atoms with Gasteiger partial charge in [-0.2, -0.15) is 10.4 Å². The maximum atomic E-state index is 9.59. The van der Waals surface area contributed by atoms with Crippen molar-refractivity contribution in [3.8, 4) is 5.75 Å². The monoisotopic (exact) mass is 307 g/mol. The van der Waals surface area contributed by atoms with Crippen LogP contribution in [0.3, 0.4) is 0 Å². The van der Waals surface area contributed by atoms with Gasteiger partial charge in [-0.1, -0.05) is 23.7 Å². The van der Waals surface area contributed by atoms with Gasteiger partial charge in [0.2, 0.25) is 5.69 Å². The van der Waals surface area contributed by atoms with Crippen LogP contribution in [0.5, 0.6) is 5.75 Å². The molecule has 0 saturated heterocycles. The van der Waals surface area contributed by atoms with Gasteiger partial charge in [-0.25, -0.2) is 0 Å². The lowest BCUT2D eigenvalue weighted by Crippen LogP contribution is -3.02. The third-order valence-corrected chi connectivity index (χ3v) is 4.07. The Bertz CT molecular complexity index is 676. The van der Waals surface area contributed by atoms with E-state index in [0.717, 1.165) is 29.7 Å². The molecule has 0 aromatic heterocycles. The molecule has 0 aliphatic carbocycles. The molecule has 2 aromatic carbocycles. The average molecular weight is 308 g/mol. The van der Waals surface area contributed by atoms with Crippen molar-refractivity contribution in [3.05, 3.63) is 58.1 Å². The molecule has 110 valence electrons. The van der Waals surface area contributed by atoms with Crippen molar-refractivity contribution in [2.24, 2.45) is 0 Å². The molecule has 1 aliphatic rings. The predicted molar refractivity (Wildman–Crippen MR) is 77.3 cm³/mol. The van der Waals surface area contributed by atoms with E-state index in [4.69, 9.17) is 11.6 Å². The van der Waals surface area contributed by atoms with Crippen LogP contribution in [0.4, 0.5) is 5.69 Å². The van der Waals surface area contributed by atoms with E-state index in [1.54, 1.807) is 24.3 Å². The van der Waals surface area contributed by atoms with Crippen LogP contribution in [-0.4, -0.2) is 22.1 Å². The molecule has 0 spiro atoms. The number of rotatable bonds is 2. The molecule has 0 amide bonds. The standard InChI is InChI=1S/C15H15ClN2O3/c16-13-4-1-10(8-14(13)18(20)21)15-12-3-2-11(19)7-9(12)5-6-17-15/h1-4,7-8,15,17,19-21H,5-6H2/p+1/t15-/m1/s1. The zero-order valence-corrected chi connectivity index (χ0v) is 11.9. The molecular weight excluding hydrogens is 292 g/mol. The molecule has 0 saturated carbocycles. The molecule has 21 heavy (non-hydrogen) atoms. The first-order valence-electron chi connectivity index (χ1n) is 6.66. The average Bonchev–Trinajstić information content (AvgIpc) is 2.46. The van der Waals surface area contributed by atoms with Crippen LogP contribution in [0.15, 0.2) is 36.4 Å². The third-order valence-electron chi connectivity index (χ3n) is 3.75. The molecule has 1 heterocycles. The number of quaternary nitrogens is 1. The van der Waals surface area contributed by atoms with E-state index < -0.39 is 5.23 Å². The molecular formula is C15H16ClN2O3+. The van der Waals surface area contributed by atoms with Gasteiger partial charge in [-0.05, 0) is 46.5 Å². The Morgan fingerprint density at radius 3 is 2.71 bits per heavy atom. The Labute approximate surface area is 126 Å². The Hall–Kier alpha value is -1.63. The Morgan fingerprint density at radius 1 is 1.14 bits per heavy atom. The van der Waals surface area contributed by atoms with Gasteiger partial charge in [0.25, 0.3) is 0 Å². The molecule has 0 radical (unpaired) electrons. The summed E-state index contributed by atoms with van der Waals surface area (Å²) in [7, 11) is 0. The van der Waals surface area contributed by atoms with E-state index in [1.165, 1.54) is 0 Å². The summed E-state index contributed by atoms with van der Waals surface area (Å²) < 4.78 is 0. The minimum Gasteiger partial charge on any atom is -0.508 e. The van der Waals surface area contributed by atoms with Crippen LogP contribution in [-0.2, 0) is 6.42 Å². The second-order valence-corrected chi connectivity index (χ2v) is 5.49. The number of halogens is 1. The highest BCUT2D eigenvalue weighted by Crippen LogP contribution is 2.32. The van der Waals surface area contributed by atoms with Crippen LogP contribution in [0.25, 0.3) is 0 Å². The van der Waals surface area contributed by atoms with Crippen LogP contribution in [0.1, 0.15) is 22.7 Å². The van der Waals surface area contributed by atoms with Crippen LogP contribution in [0, 0.1) is 0 Å². The van der Waals surface area contributed by atoms with Gasteiger partial charge in [0.15, 0.2) is 0 Å². The quantitative estimate of drug-likeness (QED) is 0.546. The topological polar surface area (TPSA) is 77.2 Å². The summed E-state index contributed by atoms with van der Waals surface area (Å²) in [5, 5.41) is 31.1. The number of fused-ring (bicyclic) bond motifs is 1. The van der Waals surface area contributed by atoms with Crippen LogP contribution in [0.2, 0.25) is 5.02 Å². The third kappa shape index (κ3) is 2.74. The SMILES string of the molecule is Oc1ccc2c(c1)CCN[C@@H]2c1ccc(Cl)c([NH+](O)O)c1. The summed E-state index contributed by atoms with van der Waals surface area (Å²) in [4.78, 5) is 0. The first-order valence-corrected chi connectivity index (χ1v) is 7.04. The van der Waals surface area contributed by atoms with Gasteiger partial charge in [0.1, 0.15) is 10.8 Å². The number of hydrogen-bond acceptors (Lipinski definition) is 4. The molecule has 0 unspecified atom stereocenters. The fourth-order valence-electron chi connectivity index (χ4n) is 2.74. The Morgan fingerprint density at radius 2 is 1.95 bits per heavy atom. The van der Waals surface area contributed by atoms with Crippen molar-refractivity contribution in [2.75, 3.05) is 6.54 Å². The number of phenolic OH excluding ortho intramolecular Hbond substituents is 1. The summed E-state index contributed by atoms with van der Waals surface area (Å²) in [5.74, 6) is 0.257. The second-order valence-electron chi connectivity index (χ2n) is 5.08. The van der Waals surface area contributed by atoms with Gasteiger partial charge in [0, 0.05) is 12.6 Å². The number of phenols is 1. The fourth-order valence-corrected chi connectivity index (χ4v) is 2.94. The van der Waals surface area contributed by atoms with Gasteiger partial charge in [-0.3, -0.25) is 0 Å². The maximum absolute atomic E-state index is 9.59. The number of hydrogen-bond donors (Lipinski definition) is 5. The van der Waals surface area contributed by atoms with Crippen molar-refractivity contribution < 1.29 is 20.7 Å². The highest BCUT2D eigenvalue weighted by Gasteiger charge is 2.24. The largest absolute Gasteiger partial charge is 0.508 e. The van der Waals surface area contributed by atoms with Gasteiger partial charge in [-0.15, -0.1) is 0 Å². The zero-order chi connectivity index (χ0) is 15.0. The molecule has 1 atom stereocenters. The molecule has 0 fully saturated rings. The lowest BCUT2D eigenvalue weighted by molar-refractivity contribution is -1.19. The van der Waals surface area contributed by atoms with Crippen molar-refractivity contribution in [2.45, 2.75) is 12.5 Å². The van der Waals surface area contributed by atoms with Crippen molar-refractivity contribution >= 4 is 17.3 Å². The molecule has 1 aliphatic heterocycles. The second kappa shape index (κ2) is 5.63. The normalized spacial score (nSPS) is 17.8. The summed E-state index contributed by atoms with van der Waals surface area (Å²) in [6.45, 7) is 0.786. The van der Waals surface area contributed by atoms with E-state index in [9.17, 15) is 15.5 Å². The molecule has 6 heteroatoms. The lowest BCUT2D eigenvalue weighted by atomic mass is 9.89. The highest BCUT2D eigenvalue weighted by atomic mass is 35.5. The summed E-state index contributed by atoms with van der Waals surface area (Å²) in [6.07, 6.45) is 0.845. The van der Waals surface area contributed by atoms with Crippen molar-refractivity contribution in [1.29, 1.82) is 0 Å². The lowest BCUT2D eigenvalue weighted by Gasteiger charge is -2.27. The molecule has 5 N–H and O–H groups in total. The Balaban J connectivity index is 2.05. The fraction of sp³-hybridized carbons (Fsp3) is 0.200.